The van der Waals surface area contributed by atoms with Crippen LogP contribution in [0.1, 0.15) is 31.0 Å². The highest BCUT2D eigenvalue weighted by atomic mass is 19.1. The Balaban J connectivity index is 2.10. The first-order valence-electron chi connectivity index (χ1n) is 7.77. The second-order valence-corrected chi connectivity index (χ2v) is 5.40. The topological polar surface area (TPSA) is 56.7 Å². The molecule has 0 fully saturated rings. The molecule has 4 nitrogen and oxygen atoms in total. The third-order valence-electron chi connectivity index (χ3n) is 3.46. The summed E-state index contributed by atoms with van der Waals surface area (Å²) in [5.74, 6) is -0.508. The number of nitrogens with one attached hydrogen (secondary N) is 2. The lowest BCUT2D eigenvalue weighted by molar-refractivity contribution is 0.474. The highest BCUT2D eigenvalue weighted by Crippen LogP contribution is 2.17. The fourth-order valence-electron chi connectivity index (χ4n) is 2.28. The molecule has 0 saturated carbocycles. The number of halogens is 2. The fourth-order valence-corrected chi connectivity index (χ4v) is 2.28. The maximum atomic E-state index is 13.9. The normalized spacial score (nSPS) is 12.8. The van der Waals surface area contributed by atoms with Crippen molar-refractivity contribution in [3.8, 4) is 5.75 Å². The number of phenols is 1. The van der Waals surface area contributed by atoms with E-state index >= 15 is 0 Å². The van der Waals surface area contributed by atoms with Gasteiger partial charge in [-0.05, 0) is 37.6 Å². The monoisotopic (exact) mass is 333 g/mol. The van der Waals surface area contributed by atoms with Gasteiger partial charge in [-0.2, -0.15) is 0 Å². The van der Waals surface area contributed by atoms with E-state index in [4.69, 9.17) is 0 Å². The SMILES string of the molecule is CCNC(=NCc1cccc(O)c1)NC(C)c1ccc(F)cc1F. The zero-order valence-electron chi connectivity index (χ0n) is 13.7. The summed E-state index contributed by atoms with van der Waals surface area (Å²) in [5, 5.41) is 15.6. The predicted octanol–water partition coefficient (Wildman–Crippen LogP) is 3.49. The van der Waals surface area contributed by atoms with E-state index in [1.54, 1.807) is 25.1 Å². The Morgan fingerprint density at radius 1 is 1.21 bits per heavy atom. The molecule has 1 unspecified atom stereocenters. The molecule has 0 aliphatic carbocycles. The first kappa shape index (κ1) is 17.7. The first-order valence-corrected chi connectivity index (χ1v) is 7.77. The van der Waals surface area contributed by atoms with Gasteiger partial charge in [-0.25, -0.2) is 13.8 Å². The van der Waals surface area contributed by atoms with Crippen LogP contribution in [0.2, 0.25) is 0 Å². The molecule has 0 amide bonds. The quantitative estimate of drug-likeness (QED) is 0.580. The summed E-state index contributed by atoms with van der Waals surface area (Å²) in [7, 11) is 0. The molecule has 1 atom stereocenters. The Labute approximate surface area is 140 Å². The van der Waals surface area contributed by atoms with Crippen molar-refractivity contribution in [3.63, 3.8) is 0 Å². The van der Waals surface area contributed by atoms with Crippen LogP contribution in [0.15, 0.2) is 47.5 Å². The van der Waals surface area contributed by atoms with E-state index in [2.05, 4.69) is 15.6 Å². The molecule has 2 rings (SSSR count). The smallest absolute Gasteiger partial charge is 0.192 e. The molecule has 128 valence electrons. The predicted molar refractivity (Wildman–Crippen MR) is 90.8 cm³/mol. The standard InChI is InChI=1S/C18H21F2N3O/c1-3-21-18(22-11-13-5-4-6-15(24)9-13)23-12(2)16-8-7-14(19)10-17(16)20/h4-10,12,24H,3,11H2,1-2H3,(H2,21,22,23). The van der Waals surface area contributed by atoms with Crippen molar-refractivity contribution in [2.75, 3.05) is 6.54 Å². The lowest BCUT2D eigenvalue weighted by Crippen LogP contribution is -2.39. The van der Waals surface area contributed by atoms with Gasteiger partial charge >= 0.3 is 0 Å². The van der Waals surface area contributed by atoms with Crippen molar-refractivity contribution in [2.24, 2.45) is 4.99 Å². The van der Waals surface area contributed by atoms with Crippen molar-refractivity contribution in [2.45, 2.75) is 26.4 Å². The number of hydrogen-bond acceptors (Lipinski definition) is 2. The second-order valence-electron chi connectivity index (χ2n) is 5.40. The molecule has 2 aromatic rings. The van der Waals surface area contributed by atoms with Crippen molar-refractivity contribution in [1.82, 2.24) is 10.6 Å². The Kier molecular flexibility index (Phi) is 6.12. The lowest BCUT2D eigenvalue weighted by atomic mass is 10.1. The Morgan fingerprint density at radius 3 is 2.67 bits per heavy atom. The molecule has 0 spiro atoms. The van der Waals surface area contributed by atoms with Crippen molar-refractivity contribution >= 4 is 5.96 Å². The number of benzene rings is 2. The molecular formula is C18H21F2N3O. The van der Waals surface area contributed by atoms with Crippen molar-refractivity contribution in [1.29, 1.82) is 0 Å². The highest BCUT2D eigenvalue weighted by molar-refractivity contribution is 5.80. The van der Waals surface area contributed by atoms with Gasteiger partial charge in [0.25, 0.3) is 0 Å². The molecule has 2 aromatic carbocycles. The molecule has 0 saturated heterocycles. The fraction of sp³-hybridized carbons (Fsp3) is 0.278. The van der Waals surface area contributed by atoms with E-state index in [1.807, 2.05) is 13.0 Å². The number of aliphatic imine (C=N–C) groups is 1. The molecule has 0 aromatic heterocycles. The Morgan fingerprint density at radius 2 is 2.00 bits per heavy atom. The van der Waals surface area contributed by atoms with Crippen LogP contribution >= 0.6 is 0 Å². The summed E-state index contributed by atoms with van der Waals surface area (Å²) >= 11 is 0. The van der Waals surface area contributed by atoms with E-state index in [-0.39, 0.29) is 11.8 Å². The number of phenolic OH excluding ortho intramolecular Hbond substituents is 1. The summed E-state index contributed by atoms with van der Waals surface area (Å²) in [4.78, 5) is 4.42. The molecule has 6 heteroatoms. The number of rotatable bonds is 5. The second kappa shape index (κ2) is 8.29. The van der Waals surface area contributed by atoms with Crippen LogP contribution in [0, 0.1) is 11.6 Å². The number of guanidine groups is 1. The van der Waals surface area contributed by atoms with Crippen LogP contribution in [0.4, 0.5) is 8.78 Å². The molecule has 24 heavy (non-hydrogen) atoms. The van der Waals surface area contributed by atoms with Gasteiger partial charge in [-0.3, -0.25) is 0 Å². The molecular weight excluding hydrogens is 312 g/mol. The van der Waals surface area contributed by atoms with E-state index in [0.717, 1.165) is 11.6 Å². The van der Waals surface area contributed by atoms with Gasteiger partial charge < -0.3 is 15.7 Å². The summed E-state index contributed by atoms with van der Waals surface area (Å²) in [6.07, 6.45) is 0. The third kappa shape index (κ3) is 4.94. The maximum absolute atomic E-state index is 13.9. The summed E-state index contributed by atoms with van der Waals surface area (Å²) in [6, 6.07) is 9.96. The summed E-state index contributed by atoms with van der Waals surface area (Å²) < 4.78 is 26.9. The number of aromatic hydroxyl groups is 1. The molecule has 0 radical (unpaired) electrons. The van der Waals surface area contributed by atoms with Gasteiger partial charge in [0.05, 0.1) is 12.6 Å². The minimum absolute atomic E-state index is 0.183. The van der Waals surface area contributed by atoms with E-state index in [1.165, 1.54) is 12.1 Å². The van der Waals surface area contributed by atoms with Gasteiger partial charge in [0.1, 0.15) is 17.4 Å². The lowest BCUT2D eigenvalue weighted by Gasteiger charge is -2.18. The van der Waals surface area contributed by atoms with Crippen LogP contribution in [0.5, 0.6) is 5.75 Å². The molecule has 0 heterocycles. The minimum atomic E-state index is -0.604. The minimum Gasteiger partial charge on any atom is -0.508 e. The number of nitrogens with zero attached hydrogens (tertiary/aromatic N) is 1. The van der Waals surface area contributed by atoms with Crippen LogP contribution in [-0.4, -0.2) is 17.6 Å². The van der Waals surface area contributed by atoms with Gasteiger partial charge in [-0.1, -0.05) is 18.2 Å². The van der Waals surface area contributed by atoms with Crippen molar-refractivity contribution in [3.05, 3.63) is 65.2 Å². The largest absolute Gasteiger partial charge is 0.508 e. The average Bonchev–Trinajstić information content (AvgIpc) is 2.52. The third-order valence-corrected chi connectivity index (χ3v) is 3.46. The molecule has 0 aliphatic rings. The van der Waals surface area contributed by atoms with E-state index < -0.39 is 11.6 Å². The molecule has 0 bridgehead atoms. The highest BCUT2D eigenvalue weighted by Gasteiger charge is 2.13. The van der Waals surface area contributed by atoms with Crippen molar-refractivity contribution < 1.29 is 13.9 Å². The van der Waals surface area contributed by atoms with Crippen LogP contribution in [0.25, 0.3) is 0 Å². The van der Waals surface area contributed by atoms with E-state index in [0.29, 0.717) is 24.6 Å². The zero-order valence-corrected chi connectivity index (χ0v) is 13.7. The van der Waals surface area contributed by atoms with Crippen LogP contribution in [0.3, 0.4) is 0 Å². The molecule has 3 N–H and O–H groups in total. The first-order chi connectivity index (χ1) is 11.5. The van der Waals surface area contributed by atoms with Gasteiger partial charge in [0.2, 0.25) is 0 Å². The Hall–Kier alpha value is -2.63. The van der Waals surface area contributed by atoms with Gasteiger partial charge in [0, 0.05) is 18.2 Å². The van der Waals surface area contributed by atoms with Gasteiger partial charge in [-0.15, -0.1) is 0 Å². The summed E-state index contributed by atoms with van der Waals surface area (Å²) in [5.41, 5.74) is 1.21. The van der Waals surface area contributed by atoms with Crippen LogP contribution in [-0.2, 0) is 6.54 Å². The zero-order chi connectivity index (χ0) is 17.5. The van der Waals surface area contributed by atoms with Gasteiger partial charge in [0.15, 0.2) is 5.96 Å². The van der Waals surface area contributed by atoms with Crippen LogP contribution < -0.4 is 10.6 Å². The van der Waals surface area contributed by atoms with E-state index in [9.17, 15) is 13.9 Å². The average molecular weight is 333 g/mol. The molecule has 0 aliphatic heterocycles. The Bertz CT molecular complexity index is 719. The summed E-state index contributed by atoms with van der Waals surface area (Å²) in [6.45, 7) is 4.71. The number of hydrogen-bond donors (Lipinski definition) is 3. The maximum Gasteiger partial charge on any atom is 0.192 e.